The van der Waals surface area contributed by atoms with Crippen LogP contribution in [0.4, 0.5) is 0 Å². The van der Waals surface area contributed by atoms with Gasteiger partial charge in [-0.3, -0.25) is 0 Å². The summed E-state index contributed by atoms with van der Waals surface area (Å²) in [5.41, 5.74) is 0. The zero-order valence-electron chi connectivity index (χ0n) is 7.55. The minimum Gasteiger partial charge on any atom is -0.480 e. The summed E-state index contributed by atoms with van der Waals surface area (Å²) < 4.78 is 10.5. The maximum absolute atomic E-state index is 5.06. The molecule has 0 radical (unpaired) electrons. The maximum Gasteiger partial charge on any atom is 0.231 e. The molecule has 0 bridgehead atoms. The van der Waals surface area contributed by atoms with E-state index in [1.165, 1.54) is 29.6 Å². The van der Waals surface area contributed by atoms with Crippen LogP contribution < -0.4 is 4.74 Å². The van der Waals surface area contributed by atoms with Gasteiger partial charge in [-0.2, -0.15) is 9.36 Å². The monoisotopic (exact) mass is 304 g/mol. The third-order valence-electron chi connectivity index (χ3n) is 1.40. The molecular formula is C7H5BrN4OS2. The van der Waals surface area contributed by atoms with Crippen LogP contribution in [0.15, 0.2) is 26.5 Å². The van der Waals surface area contributed by atoms with E-state index >= 15 is 0 Å². The molecule has 2 rings (SSSR count). The highest BCUT2D eigenvalue weighted by molar-refractivity contribution is 9.10. The average Bonchev–Trinajstić information content (AvgIpc) is 2.73. The van der Waals surface area contributed by atoms with Gasteiger partial charge in [0, 0.05) is 6.20 Å². The van der Waals surface area contributed by atoms with Crippen molar-refractivity contribution in [1.82, 2.24) is 19.3 Å². The molecule has 78 valence electrons. The van der Waals surface area contributed by atoms with Crippen LogP contribution in [0.3, 0.4) is 0 Å². The molecule has 0 fully saturated rings. The quantitative estimate of drug-likeness (QED) is 0.811. The molecule has 2 aromatic rings. The van der Waals surface area contributed by atoms with E-state index in [1.807, 2.05) is 0 Å². The molecule has 2 aromatic heterocycles. The predicted octanol–water partition coefficient (Wildman–Crippen LogP) is 2.25. The number of ether oxygens (including phenoxy) is 1. The van der Waals surface area contributed by atoms with Gasteiger partial charge < -0.3 is 4.74 Å². The molecule has 0 aromatic carbocycles. The van der Waals surface area contributed by atoms with Crippen molar-refractivity contribution in [1.29, 1.82) is 0 Å². The fourth-order valence-electron chi connectivity index (χ4n) is 0.815. The van der Waals surface area contributed by atoms with Crippen LogP contribution in [0, 0.1) is 0 Å². The summed E-state index contributed by atoms with van der Waals surface area (Å²) in [5.74, 6) is 0.511. The van der Waals surface area contributed by atoms with Crippen molar-refractivity contribution in [2.75, 3.05) is 7.11 Å². The molecule has 0 aliphatic rings. The lowest BCUT2D eigenvalue weighted by Gasteiger charge is -2.02. The molecule has 0 aliphatic carbocycles. The standard InChI is InChI=1S/C7H5BrN4OS2/c1-13-5-4(8)2-9-6(12-5)14-7-10-3-11-15-7/h2-3H,1H3. The van der Waals surface area contributed by atoms with Crippen molar-refractivity contribution >= 4 is 39.2 Å². The van der Waals surface area contributed by atoms with Crippen molar-refractivity contribution in [2.45, 2.75) is 9.50 Å². The van der Waals surface area contributed by atoms with Crippen LogP contribution in [0.1, 0.15) is 0 Å². The maximum atomic E-state index is 5.06. The van der Waals surface area contributed by atoms with Gasteiger partial charge in [-0.05, 0) is 39.2 Å². The second kappa shape index (κ2) is 4.86. The van der Waals surface area contributed by atoms with Gasteiger partial charge in [0.2, 0.25) is 5.88 Å². The predicted molar refractivity (Wildman–Crippen MR) is 60.3 cm³/mol. The van der Waals surface area contributed by atoms with Gasteiger partial charge in [-0.15, -0.1) is 0 Å². The minimum absolute atomic E-state index is 0.511. The Morgan fingerprint density at radius 2 is 2.33 bits per heavy atom. The summed E-state index contributed by atoms with van der Waals surface area (Å²) in [6.45, 7) is 0. The first-order valence-electron chi connectivity index (χ1n) is 3.80. The highest BCUT2D eigenvalue weighted by Crippen LogP contribution is 2.28. The fraction of sp³-hybridized carbons (Fsp3) is 0.143. The average molecular weight is 305 g/mol. The molecule has 5 nitrogen and oxygen atoms in total. The summed E-state index contributed by atoms with van der Waals surface area (Å²) >= 11 is 5.94. The van der Waals surface area contributed by atoms with Crippen LogP contribution in [-0.4, -0.2) is 26.4 Å². The minimum atomic E-state index is 0.511. The third kappa shape index (κ3) is 2.64. The van der Waals surface area contributed by atoms with Crippen molar-refractivity contribution in [3.8, 4) is 5.88 Å². The van der Waals surface area contributed by atoms with Gasteiger partial charge in [0.1, 0.15) is 6.33 Å². The first-order chi connectivity index (χ1) is 7.29. The van der Waals surface area contributed by atoms with Gasteiger partial charge in [0.05, 0.1) is 11.6 Å². The zero-order valence-corrected chi connectivity index (χ0v) is 10.8. The number of halogens is 1. The number of methoxy groups -OCH3 is 1. The van der Waals surface area contributed by atoms with Gasteiger partial charge in [-0.25, -0.2) is 9.97 Å². The van der Waals surface area contributed by atoms with Crippen molar-refractivity contribution in [3.05, 3.63) is 17.0 Å². The Morgan fingerprint density at radius 3 is 3.00 bits per heavy atom. The summed E-state index contributed by atoms with van der Waals surface area (Å²) in [5, 5.41) is 0.590. The summed E-state index contributed by atoms with van der Waals surface area (Å²) in [4.78, 5) is 12.3. The number of rotatable bonds is 3. The van der Waals surface area contributed by atoms with Crippen LogP contribution in [0.2, 0.25) is 0 Å². The number of hydrogen-bond donors (Lipinski definition) is 0. The van der Waals surface area contributed by atoms with E-state index in [1.54, 1.807) is 13.3 Å². The lowest BCUT2D eigenvalue weighted by atomic mass is 10.6. The summed E-state index contributed by atoms with van der Waals surface area (Å²) in [6.07, 6.45) is 3.15. The lowest BCUT2D eigenvalue weighted by molar-refractivity contribution is 0.389. The van der Waals surface area contributed by atoms with E-state index in [9.17, 15) is 0 Å². The van der Waals surface area contributed by atoms with Crippen molar-refractivity contribution < 1.29 is 4.74 Å². The van der Waals surface area contributed by atoms with Gasteiger partial charge in [0.15, 0.2) is 9.50 Å². The summed E-state index contributed by atoms with van der Waals surface area (Å²) in [6, 6.07) is 0. The van der Waals surface area contributed by atoms with Gasteiger partial charge in [-0.1, -0.05) is 0 Å². The van der Waals surface area contributed by atoms with Crippen molar-refractivity contribution in [2.24, 2.45) is 0 Å². The molecule has 0 amide bonds. The largest absolute Gasteiger partial charge is 0.480 e. The molecule has 0 N–H and O–H groups in total. The highest BCUT2D eigenvalue weighted by atomic mass is 79.9. The van der Waals surface area contributed by atoms with Crippen molar-refractivity contribution in [3.63, 3.8) is 0 Å². The third-order valence-corrected chi connectivity index (χ3v) is 3.54. The summed E-state index contributed by atoms with van der Waals surface area (Å²) in [7, 11) is 1.56. The molecule has 0 unspecified atom stereocenters. The molecule has 0 atom stereocenters. The number of nitrogens with zero attached hydrogens (tertiary/aromatic N) is 4. The first kappa shape index (κ1) is 10.8. The Labute approximate surface area is 103 Å². The molecule has 2 heterocycles. The smallest absolute Gasteiger partial charge is 0.231 e. The van der Waals surface area contributed by atoms with Gasteiger partial charge in [0.25, 0.3) is 0 Å². The number of hydrogen-bond acceptors (Lipinski definition) is 7. The normalized spacial score (nSPS) is 10.3. The highest BCUT2D eigenvalue weighted by Gasteiger charge is 2.08. The second-order valence-electron chi connectivity index (χ2n) is 2.32. The topological polar surface area (TPSA) is 60.8 Å². The molecule has 15 heavy (non-hydrogen) atoms. The first-order valence-corrected chi connectivity index (χ1v) is 6.19. The molecular weight excluding hydrogens is 300 g/mol. The van der Waals surface area contributed by atoms with E-state index < -0.39 is 0 Å². The molecule has 0 saturated heterocycles. The van der Waals surface area contributed by atoms with Crippen LogP contribution in [0.25, 0.3) is 0 Å². The molecule has 0 spiro atoms. The number of aromatic nitrogens is 4. The SMILES string of the molecule is COc1nc(Sc2ncns2)ncc1Br. The fourth-order valence-corrected chi connectivity index (χ4v) is 2.44. The van der Waals surface area contributed by atoms with Gasteiger partial charge >= 0.3 is 0 Å². The Hall–Kier alpha value is -0.730. The Bertz CT molecular complexity index is 450. The second-order valence-corrected chi connectivity index (χ2v) is 5.17. The van der Waals surface area contributed by atoms with Crippen LogP contribution >= 0.6 is 39.2 Å². The van der Waals surface area contributed by atoms with Crippen LogP contribution in [0.5, 0.6) is 5.88 Å². The lowest BCUT2D eigenvalue weighted by Crippen LogP contribution is -1.92. The Kier molecular flexibility index (Phi) is 3.49. The Balaban J connectivity index is 2.22. The van der Waals surface area contributed by atoms with E-state index in [2.05, 4.69) is 35.3 Å². The van der Waals surface area contributed by atoms with E-state index in [0.717, 1.165) is 8.81 Å². The molecule has 0 aliphatic heterocycles. The Morgan fingerprint density at radius 1 is 1.47 bits per heavy atom. The van der Waals surface area contributed by atoms with E-state index in [-0.39, 0.29) is 0 Å². The zero-order chi connectivity index (χ0) is 10.7. The molecule has 8 heteroatoms. The van der Waals surface area contributed by atoms with Crippen LogP contribution in [-0.2, 0) is 0 Å². The molecule has 0 saturated carbocycles. The van der Waals surface area contributed by atoms with E-state index in [0.29, 0.717) is 11.0 Å². The van der Waals surface area contributed by atoms with E-state index in [4.69, 9.17) is 4.74 Å².